The molecule has 0 aliphatic rings. The summed E-state index contributed by atoms with van der Waals surface area (Å²) in [6.07, 6.45) is 5.78. The van der Waals surface area contributed by atoms with Crippen LogP contribution in [0.1, 0.15) is 16.1 Å². The van der Waals surface area contributed by atoms with Crippen LogP contribution >= 0.6 is 0 Å². The van der Waals surface area contributed by atoms with Crippen LogP contribution in [0.5, 0.6) is 5.75 Å². The number of ether oxygens (including phenoxy) is 1. The second kappa shape index (κ2) is 6.83. The molecule has 1 aromatic carbocycles. The predicted molar refractivity (Wildman–Crippen MR) is 85.3 cm³/mol. The number of methoxy groups -OCH3 is 1. The van der Waals surface area contributed by atoms with Gasteiger partial charge in [0.05, 0.1) is 25.1 Å². The van der Waals surface area contributed by atoms with E-state index >= 15 is 0 Å². The highest BCUT2D eigenvalue weighted by molar-refractivity contribution is 5.97. The summed E-state index contributed by atoms with van der Waals surface area (Å²) in [5, 5.41) is 9.56. The predicted octanol–water partition coefficient (Wildman–Crippen LogP) is 2.65. The number of hydrogen-bond acceptors (Lipinski definition) is 4. The first-order chi connectivity index (χ1) is 11.3. The molecule has 0 aliphatic heterocycles. The van der Waals surface area contributed by atoms with Crippen molar-refractivity contribution >= 4 is 5.91 Å². The molecule has 2 aromatic heterocycles. The minimum atomic E-state index is -0.174. The van der Waals surface area contributed by atoms with Crippen LogP contribution in [0.4, 0.5) is 0 Å². The molecule has 3 aromatic rings. The second-order valence-corrected chi connectivity index (χ2v) is 4.99. The van der Waals surface area contributed by atoms with Crippen LogP contribution in [0.25, 0.3) is 11.1 Å². The highest BCUT2D eigenvalue weighted by atomic mass is 16.5. The molecule has 6 heteroatoms. The average Bonchev–Trinajstić information content (AvgIpc) is 3.27. The number of nitrogens with one attached hydrogen (secondary N) is 2. The van der Waals surface area contributed by atoms with Crippen LogP contribution in [0.3, 0.4) is 0 Å². The lowest BCUT2D eigenvalue weighted by molar-refractivity contribution is 0.0950. The Morgan fingerprint density at radius 2 is 2.26 bits per heavy atom. The highest BCUT2D eigenvalue weighted by Gasteiger charge is 2.13. The molecule has 23 heavy (non-hydrogen) atoms. The summed E-state index contributed by atoms with van der Waals surface area (Å²) < 4.78 is 10.6. The first-order valence-corrected chi connectivity index (χ1v) is 7.25. The van der Waals surface area contributed by atoms with E-state index in [1.165, 1.54) is 0 Å². The average molecular weight is 311 g/mol. The van der Waals surface area contributed by atoms with Crippen molar-refractivity contribution in [2.24, 2.45) is 0 Å². The van der Waals surface area contributed by atoms with Crippen molar-refractivity contribution in [3.05, 3.63) is 60.3 Å². The van der Waals surface area contributed by atoms with E-state index in [1.807, 2.05) is 24.3 Å². The monoisotopic (exact) mass is 311 g/mol. The Hall–Kier alpha value is -3.02. The molecule has 0 unspecified atom stereocenters. The van der Waals surface area contributed by atoms with Crippen molar-refractivity contribution < 1.29 is 13.9 Å². The van der Waals surface area contributed by atoms with Gasteiger partial charge in [-0.25, -0.2) is 0 Å². The minimum absolute atomic E-state index is 0.174. The van der Waals surface area contributed by atoms with Gasteiger partial charge < -0.3 is 14.5 Å². The highest BCUT2D eigenvalue weighted by Crippen LogP contribution is 2.26. The summed E-state index contributed by atoms with van der Waals surface area (Å²) in [5.74, 6) is 1.19. The van der Waals surface area contributed by atoms with Crippen molar-refractivity contribution in [1.82, 2.24) is 15.5 Å². The molecule has 0 saturated heterocycles. The Kier molecular flexibility index (Phi) is 4.42. The molecule has 0 fully saturated rings. The number of amides is 1. The first kappa shape index (κ1) is 14.9. The largest absolute Gasteiger partial charge is 0.496 e. The van der Waals surface area contributed by atoms with Crippen LogP contribution in [-0.2, 0) is 6.42 Å². The summed E-state index contributed by atoms with van der Waals surface area (Å²) >= 11 is 0. The lowest BCUT2D eigenvalue weighted by atomic mass is 10.1. The summed E-state index contributed by atoms with van der Waals surface area (Å²) in [6.45, 7) is 0.499. The zero-order valence-electron chi connectivity index (χ0n) is 12.7. The summed E-state index contributed by atoms with van der Waals surface area (Å²) in [4.78, 5) is 12.3. The van der Waals surface area contributed by atoms with Gasteiger partial charge in [0, 0.05) is 24.7 Å². The van der Waals surface area contributed by atoms with Gasteiger partial charge in [-0.1, -0.05) is 6.07 Å². The van der Waals surface area contributed by atoms with E-state index < -0.39 is 0 Å². The molecule has 6 nitrogen and oxygen atoms in total. The summed E-state index contributed by atoms with van der Waals surface area (Å²) in [7, 11) is 1.55. The smallest absolute Gasteiger partial charge is 0.255 e. The number of benzene rings is 1. The Bertz CT molecular complexity index is 764. The van der Waals surface area contributed by atoms with Crippen molar-refractivity contribution in [1.29, 1.82) is 0 Å². The van der Waals surface area contributed by atoms with Gasteiger partial charge in [0.2, 0.25) is 0 Å². The van der Waals surface area contributed by atoms with Crippen LogP contribution in [0.15, 0.2) is 53.4 Å². The number of carbonyl (C=O) groups is 1. The third-order valence-corrected chi connectivity index (χ3v) is 3.51. The quantitative estimate of drug-likeness (QED) is 0.733. The van der Waals surface area contributed by atoms with Gasteiger partial charge in [0.25, 0.3) is 5.91 Å². The van der Waals surface area contributed by atoms with Crippen LogP contribution < -0.4 is 10.1 Å². The van der Waals surface area contributed by atoms with Crippen molar-refractivity contribution in [2.75, 3.05) is 13.7 Å². The molecular weight excluding hydrogens is 294 g/mol. The SMILES string of the molecule is COc1cc(-c2cn[nH]c2)ccc1C(=O)NCCc1ccco1. The van der Waals surface area contributed by atoms with E-state index in [0.29, 0.717) is 24.3 Å². The molecule has 0 radical (unpaired) electrons. The molecule has 0 spiro atoms. The zero-order valence-corrected chi connectivity index (χ0v) is 12.7. The molecule has 3 rings (SSSR count). The Labute approximate surface area is 133 Å². The number of aromatic amines is 1. The molecule has 118 valence electrons. The number of furan rings is 1. The number of carbonyl (C=O) groups excluding carboxylic acids is 1. The van der Waals surface area contributed by atoms with E-state index in [0.717, 1.165) is 16.9 Å². The van der Waals surface area contributed by atoms with E-state index in [4.69, 9.17) is 9.15 Å². The summed E-state index contributed by atoms with van der Waals surface area (Å²) in [6, 6.07) is 9.16. The Morgan fingerprint density at radius 3 is 2.96 bits per heavy atom. The molecule has 0 atom stereocenters. The van der Waals surface area contributed by atoms with Crippen LogP contribution in [0, 0.1) is 0 Å². The van der Waals surface area contributed by atoms with Gasteiger partial charge in [-0.2, -0.15) is 5.10 Å². The van der Waals surface area contributed by atoms with Gasteiger partial charge in [-0.15, -0.1) is 0 Å². The third-order valence-electron chi connectivity index (χ3n) is 3.51. The number of H-pyrrole nitrogens is 1. The van der Waals surface area contributed by atoms with Gasteiger partial charge in [-0.3, -0.25) is 9.89 Å². The van der Waals surface area contributed by atoms with Gasteiger partial charge in [0.1, 0.15) is 11.5 Å². The summed E-state index contributed by atoms with van der Waals surface area (Å²) in [5.41, 5.74) is 2.37. The van der Waals surface area contributed by atoms with Crippen molar-refractivity contribution in [3.63, 3.8) is 0 Å². The molecule has 2 N–H and O–H groups in total. The number of aromatic nitrogens is 2. The molecule has 0 aliphatic carbocycles. The fraction of sp³-hybridized carbons (Fsp3) is 0.176. The normalized spacial score (nSPS) is 10.5. The minimum Gasteiger partial charge on any atom is -0.496 e. The topological polar surface area (TPSA) is 80.1 Å². The number of hydrogen-bond donors (Lipinski definition) is 2. The maximum Gasteiger partial charge on any atom is 0.255 e. The van der Waals surface area contributed by atoms with Gasteiger partial charge in [0.15, 0.2) is 0 Å². The van der Waals surface area contributed by atoms with E-state index in [1.54, 1.807) is 31.8 Å². The van der Waals surface area contributed by atoms with E-state index in [9.17, 15) is 4.79 Å². The lowest BCUT2D eigenvalue weighted by Gasteiger charge is -2.10. The first-order valence-electron chi connectivity index (χ1n) is 7.25. The third kappa shape index (κ3) is 3.42. The van der Waals surface area contributed by atoms with E-state index in [2.05, 4.69) is 15.5 Å². The number of nitrogens with zero attached hydrogens (tertiary/aromatic N) is 1. The standard InChI is InChI=1S/C17H17N3O3/c1-22-16-9-12(13-10-19-20-11-13)4-5-15(16)17(21)18-7-6-14-3-2-8-23-14/h2-5,8-11H,6-7H2,1H3,(H,18,21)(H,19,20). The maximum atomic E-state index is 12.3. The molecular formula is C17H17N3O3. The van der Waals surface area contributed by atoms with Crippen molar-refractivity contribution in [3.8, 4) is 16.9 Å². The van der Waals surface area contributed by atoms with Crippen LogP contribution in [0.2, 0.25) is 0 Å². The fourth-order valence-corrected chi connectivity index (χ4v) is 2.32. The van der Waals surface area contributed by atoms with Crippen LogP contribution in [-0.4, -0.2) is 29.8 Å². The Morgan fingerprint density at radius 1 is 1.35 bits per heavy atom. The fourth-order valence-electron chi connectivity index (χ4n) is 2.32. The van der Waals surface area contributed by atoms with Gasteiger partial charge in [-0.05, 0) is 29.8 Å². The second-order valence-electron chi connectivity index (χ2n) is 4.99. The van der Waals surface area contributed by atoms with E-state index in [-0.39, 0.29) is 5.91 Å². The zero-order chi connectivity index (χ0) is 16.1. The molecule has 0 saturated carbocycles. The Balaban J connectivity index is 1.69. The molecule has 2 heterocycles. The van der Waals surface area contributed by atoms with Crippen molar-refractivity contribution in [2.45, 2.75) is 6.42 Å². The molecule has 1 amide bonds. The number of rotatable bonds is 6. The lowest BCUT2D eigenvalue weighted by Crippen LogP contribution is -2.26. The maximum absolute atomic E-state index is 12.3. The van der Waals surface area contributed by atoms with Gasteiger partial charge >= 0.3 is 0 Å². The molecule has 0 bridgehead atoms.